The van der Waals surface area contributed by atoms with Crippen molar-refractivity contribution >= 4 is 22.7 Å². The van der Waals surface area contributed by atoms with Gasteiger partial charge in [-0.05, 0) is 6.92 Å². The highest BCUT2D eigenvalue weighted by atomic mass is 32.2. The van der Waals surface area contributed by atoms with Crippen molar-refractivity contribution in [3.8, 4) is 5.95 Å². The van der Waals surface area contributed by atoms with E-state index < -0.39 is 10.8 Å². The fourth-order valence-electron chi connectivity index (χ4n) is 1.65. The molecule has 0 amide bonds. The Morgan fingerprint density at radius 1 is 1.35 bits per heavy atom. The highest BCUT2D eigenvalue weighted by Crippen LogP contribution is 2.09. The van der Waals surface area contributed by atoms with Crippen LogP contribution < -0.4 is 10.6 Å². The smallest absolute Gasteiger partial charge is 0.241 e. The Labute approximate surface area is 119 Å². The van der Waals surface area contributed by atoms with Crippen molar-refractivity contribution in [3.63, 3.8) is 0 Å². The number of nitrogens with zero attached hydrogens (tertiary/aromatic N) is 5. The van der Waals surface area contributed by atoms with E-state index >= 15 is 0 Å². The predicted molar refractivity (Wildman–Crippen MR) is 78.5 cm³/mol. The molecule has 8 nitrogen and oxygen atoms in total. The Morgan fingerprint density at radius 2 is 2.10 bits per heavy atom. The minimum atomic E-state index is -0.876. The zero-order valence-electron chi connectivity index (χ0n) is 11.6. The number of nitrogens with one attached hydrogen (secondary N) is 2. The molecule has 0 bridgehead atoms. The van der Waals surface area contributed by atoms with Crippen molar-refractivity contribution in [1.29, 1.82) is 0 Å². The molecule has 0 aliphatic heterocycles. The van der Waals surface area contributed by atoms with Gasteiger partial charge in [0, 0.05) is 48.3 Å². The van der Waals surface area contributed by atoms with Crippen LogP contribution in [-0.4, -0.2) is 53.8 Å². The summed E-state index contributed by atoms with van der Waals surface area (Å²) in [5, 5.41) is 6.01. The van der Waals surface area contributed by atoms with Crippen molar-refractivity contribution in [2.75, 3.05) is 29.7 Å². The number of anilines is 2. The van der Waals surface area contributed by atoms with Gasteiger partial charge in [-0.2, -0.15) is 15.0 Å². The summed E-state index contributed by atoms with van der Waals surface area (Å²) in [5.74, 6) is 1.89. The second-order valence-corrected chi connectivity index (χ2v) is 5.77. The molecule has 0 radical (unpaired) electrons. The van der Waals surface area contributed by atoms with Gasteiger partial charge in [-0.3, -0.25) is 8.78 Å². The molecule has 0 aromatic carbocycles. The van der Waals surface area contributed by atoms with Crippen LogP contribution in [0.3, 0.4) is 0 Å². The first-order chi connectivity index (χ1) is 9.58. The third-order valence-electron chi connectivity index (χ3n) is 2.44. The molecule has 20 heavy (non-hydrogen) atoms. The molecule has 2 rings (SSSR count). The highest BCUT2D eigenvalue weighted by Gasteiger charge is 2.10. The first kappa shape index (κ1) is 14.4. The van der Waals surface area contributed by atoms with E-state index in [4.69, 9.17) is 0 Å². The topological polar surface area (TPSA) is 97.6 Å². The van der Waals surface area contributed by atoms with Gasteiger partial charge in [0.15, 0.2) is 0 Å². The maximum absolute atomic E-state index is 11.2. The van der Waals surface area contributed by atoms with Crippen LogP contribution in [0, 0.1) is 0 Å². The molecule has 2 N–H and O–H groups in total. The molecule has 2 aromatic heterocycles. The summed E-state index contributed by atoms with van der Waals surface area (Å²) in [4.78, 5) is 16.8. The highest BCUT2D eigenvalue weighted by molar-refractivity contribution is 7.84. The third kappa shape index (κ3) is 3.73. The van der Waals surface area contributed by atoms with E-state index in [1.807, 2.05) is 6.92 Å². The Hall–Kier alpha value is -2.03. The summed E-state index contributed by atoms with van der Waals surface area (Å²) in [6, 6.07) is 0.00331. The lowest BCUT2D eigenvalue weighted by Crippen LogP contribution is -2.24. The molecular weight excluding hydrogens is 278 g/mol. The maximum Gasteiger partial charge on any atom is 0.241 e. The van der Waals surface area contributed by atoms with Gasteiger partial charge in [0.25, 0.3) is 0 Å². The van der Waals surface area contributed by atoms with E-state index in [9.17, 15) is 4.21 Å². The third-order valence-corrected chi connectivity index (χ3v) is 3.41. The van der Waals surface area contributed by atoms with E-state index in [1.165, 1.54) is 0 Å². The van der Waals surface area contributed by atoms with Gasteiger partial charge >= 0.3 is 0 Å². The van der Waals surface area contributed by atoms with Crippen LogP contribution in [0.2, 0.25) is 0 Å². The Morgan fingerprint density at radius 3 is 2.70 bits per heavy atom. The minimum Gasteiger partial charge on any atom is -0.357 e. The summed E-state index contributed by atoms with van der Waals surface area (Å²) < 4.78 is 12.9. The molecule has 2 heterocycles. The van der Waals surface area contributed by atoms with E-state index in [0.29, 0.717) is 23.6 Å². The predicted octanol–water partition coefficient (Wildman–Crippen LogP) is 0.278. The first-order valence-corrected chi connectivity index (χ1v) is 7.80. The summed E-state index contributed by atoms with van der Waals surface area (Å²) in [5.41, 5.74) is 0. The second kappa shape index (κ2) is 6.42. The van der Waals surface area contributed by atoms with Crippen molar-refractivity contribution < 1.29 is 4.21 Å². The Bertz CT molecular complexity index is 586. The largest absolute Gasteiger partial charge is 0.357 e. The lowest BCUT2D eigenvalue weighted by molar-refractivity contribution is 0.682. The molecule has 0 aliphatic carbocycles. The molecule has 0 saturated heterocycles. The summed E-state index contributed by atoms with van der Waals surface area (Å²) in [6.45, 7) is 1.93. The zero-order chi connectivity index (χ0) is 14.5. The van der Waals surface area contributed by atoms with Crippen LogP contribution in [0.5, 0.6) is 0 Å². The molecule has 0 spiro atoms. The number of hydrogen-bond acceptors (Lipinski definition) is 7. The molecule has 2 atom stereocenters. The number of aromatic nitrogens is 5. The maximum atomic E-state index is 11.2. The van der Waals surface area contributed by atoms with Crippen LogP contribution in [0.15, 0.2) is 18.7 Å². The average Bonchev–Trinajstić information content (AvgIpc) is 2.91. The normalized spacial score (nSPS) is 13.8. The zero-order valence-corrected chi connectivity index (χ0v) is 12.4. The molecule has 0 saturated carbocycles. The van der Waals surface area contributed by atoms with Crippen LogP contribution in [0.1, 0.15) is 6.92 Å². The van der Waals surface area contributed by atoms with Crippen molar-refractivity contribution in [2.24, 2.45) is 0 Å². The molecule has 0 fully saturated rings. The molecule has 2 unspecified atom stereocenters. The molecule has 9 heteroatoms. The van der Waals surface area contributed by atoms with Gasteiger partial charge < -0.3 is 10.6 Å². The summed E-state index contributed by atoms with van der Waals surface area (Å²) in [6.07, 6.45) is 6.69. The average molecular weight is 295 g/mol. The van der Waals surface area contributed by atoms with E-state index in [1.54, 1.807) is 36.6 Å². The van der Waals surface area contributed by atoms with Gasteiger partial charge in [-0.15, -0.1) is 0 Å². The fraction of sp³-hybridized carbons (Fsp3) is 0.455. The minimum absolute atomic E-state index is 0.00331. The Balaban J connectivity index is 2.24. The number of imidazole rings is 1. The quantitative estimate of drug-likeness (QED) is 0.789. The monoisotopic (exact) mass is 295 g/mol. The molecular formula is C11H17N7OS. The van der Waals surface area contributed by atoms with Crippen LogP contribution in [-0.2, 0) is 10.8 Å². The summed E-state index contributed by atoms with van der Waals surface area (Å²) in [7, 11) is 0.862. The lowest BCUT2D eigenvalue weighted by atomic mass is 10.4. The molecule has 108 valence electrons. The standard InChI is InChI=1S/C11H17N7OS/c1-8(6-20(3)19)14-10-15-9(12-2)16-11(17-10)18-5-4-13-7-18/h4-5,7-8H,6H2,1-3H3,(H2,12,14,15,16,17). The van der Waals surface area contributed by atoms with E-state index in [-0.39, 0.29) is 6.04 Å². The number of hydrogen-bond donors (Lipinski definition) is 2. The SMILES string of the molecule is CNc1nc(NC(C)CS(C)=O)nc(-n2ccnc2)n1. The van der Waals surface area contributed by atoms with Crippen LogP contribution in [0.4, 0.5) is 11.9 Å². The van der Waals surface area contributed by atoms with Gasteiger partial charge in [0.1, 0.15) is 6.33 Å². The van der Waals surface area contributed by atoms with Gasteiger partial charge in [-0.25, -0.2) is 4.98 Å². The van der Waals surface area contributed by atoms with Gasteiger partial charge in [0.2, 0.25) is 17.8 Å². The first-order valence-electron chi connectivity index (χ1n) is 6.07. The van der Waals surface area contributed by atoms with Crippen LogP contribution in [0.25, 0.3) is 5.95 Å². The number of rotatable bonds is 6. The van der Waals surface area contributed by atoms with E-state index in [0.717, 1.165) is 0 Å². The molecule has 0 aliphatic rings. The summed E-state index contributed by atoms with van der Waals surface area (Å²) >= 11 is 0. The lowest BCUT2D eigenvalue weighted by Gasteiger charge is -2.13. The van der Waals surface area contributed by atoms with Gasteiger partial charge in [0.05, 0.1) is 0 Å². The second-order valence-electron chi connectivity index (χ2n) is 4.29. The fourth-order valence-corrected chi connectivity index (χ4v) is 2.44. The van der Waals surface area contributed by atoms with Crippen molar-refractivity contribution in [3.05, 3.63) is 18.7 Å². The van der Waals surface area contributed by atoms with Crippen molar-refractivity contribution in [1.82, 2.24) is 24.5 Å². The van der Waals surface area contributed by atoms with Crippen LogP contribution >= 0.6 is 0 Å². The Kier molecular flexibility index (Phi) is 4.61. The van der Waals surface area contributed by atoms with E-state index in [2.05, 4.69) is 30.6 Å². The van der Waals surface area contributed by atoms with Crippen molar-refractivity contribution in [2.45, 2.75) is 13.0 Å². The van der Waals surface area contributed by atoms with Gasteiger partial charge in [-0.1, -0.05) is 0 Å². The molecule has 2 aromatic rings.